The van der Waals surface area contributed by atoms with Crippen LogP contribution in [-0.4, -0.2) is 59.2 Å². The number of aromatic nitrogens is 1. The molecule has 2 rings (SSSR count). The van der Waals surface area contributed by atoms with E-state index in [4.69, 9.17) is 5.11 Å². The van der Waals surface area contributed by atoms with Gasteiger partial charge in [-0.25, -0.2) is 0 Å². The molecule has 1 aromatic heterocycles. The molecule has 4 nitrogen and oxygen atoms in total. The standard InChI is InChI=1S/C14H23N3O.2C2H6/c1-13-3-4-14(11-15-13)12-17-8-6-16(7-9-17)5-2-10-18;2*1-2/h3-4,11,18H,2,5-10,12H2,1H3;2*1-2H3. The van der Waals surface area contributed by atoms with Gasteiger partial charge in [0.25, 0.3) is 0 Å². The van der Waals surface area contributed by atoms with Crippen LogP contribution >= 0.6 is 0 Å². The van der Waals surface area contributed by atoms with Crippen molar-refractivity contribution in [1.82, 2.24) is 14.8 Å². The number of hydrogen-bond donors (Lipinski definition) is 1. The lowest BCUT2D eigenvalue weighted by atomic mass is 10.2. The fourth-order valence-corrected chi connectivity index (χ4v) is 2.32. The third-order valence-electron chi connectivity index (χ3n) is 3.48. The zero-order valence-corrected chi connectivity index (χ0v) is 15.2. The number of rotatable bonds is 5. The van der Waals surface area contributed by atoms with Gasteiger partial charge in [-0.1, -0.05) is 33.8 Å². The number of pyridine rings is 1. The maximum Gasteiger partial charge on any atom is 0.0443 e. The molecule has 0 radical (unpaired) electrons. The van der Waals surface area contributed by atoms with E-state index >= 15 is 0 Å². The predicted molar refractivity (Wildman–Crippen MR) is 95.1 cm³/mol. The number of aryl methyl sites for hydroxylation is 1. The minimum absolute atomic E-state index is 0.301. The fourth-order valence-electron chi connectivity index (χ4n) is 2.32. The lowest BCUT2D eigenvalue weighted by Gasteiger charge is -2.34. The second kappa shape index (κ2) is 13.7. The van der Waals surface area contributed by atoms with Crippen LogP contribution in [0.5, 0.6) is 0 Å². The third kappa shape index (κ3) is 8.47. The molecule has 1 saturated heterocycles. The molecular weight excluding hydrogens is 274 g/mol. The SMILES string of the molecule is CC.CC.Cc1ccc(CN2CCN(CCCO)CC2)cn1. The maximum absolute atomic E-state index is 8.82. The maximum atomic E-state index is 8.82. The highest BCUT2D eigenvalue weighted by molar-refractivity contribution is 5.13. The molecule has 1 aromatic rings. The van der Waals surface area contributed by atoms with Gasteiger partial charge >= 0.3 is 0 Å². The van der Waals surface area contributed by atoms with Crippen LogP contribution in [0.25, 0.3) is 0 Å². The molecule has 128 valence electrons. The Hall–Kier alpha value is -0.970. The van der Waals surface area contributed by atoms with Crippen LogP contribution in [0, 0.1) is 6.92 Å². The lowest BCUT2D eigenvalue weighted by molar-refractivity contribution is 0.120. The summed E-state index contributed by atoms with van der Waals surface area (Å²) in [6.45, 7) is 16.8. The highest BCUT2D eigenvalue weighted by atomic mass is 16.3. The zero-order chi connectivity index (χ0) is 16.8. The second-order valence-corrected chi connectivity index (χ2v) is 5.00. The molecule has 0 aromatic carbocycles. The summed E-state index contributed by atoms with van der Waals surface area (Å²) in [5.74, 6) is 0. The molecule has 0 unspecified atom stereocenters. The van der Waals surface area contributed by atoms with Crippen LogP contribution in [0.4, 0.5) is 0 Å². The van der Waals surface area contributed by atoms with E-state index in [0.29, 0.717) is 6.61 Å². The second-order valence-electron chi connectivity index (χ2n) is 5.00. The normalized spacial score (nSPS) is 15.4. The molecule has 22 heavy (non-hydrogen) atoms. The van der Waals surface area contributed by atoms with Crippen molar-refractivity contribution in [2.24, 2.45) is 0 Å². The van der Waals surface area contributed by atoms with Crippen LogP contribution in [0.15, 0.2) is 18.3 Å². The van der Waals surface area contributed by atoms with Crippen molar-refractivity contribution < 1.29 is 5.11 Å². The monoisotopic (exact) mass is 309 g/mol. The summed E-state index contributed by atoms with van der Waals surface area (Å²) in [7, 11) is 0. The number of hydrogen-bond acceptors (Lipinski definition) is 4. The van der Waals surface area contributed by atoms with Crippen LogP contribution in [0.3, 0.4) is 0 Å². The van der Waals surface area contributed by atoms with Gasteiger partial charge < -0.3 is 10.0 Å². The number of aliphatic hydroxyl groups is 1. The smallest absolute Gasteiger partial charge is 0.0443 e. The highest BCUT2D eigenvalue weighted by Crippen LogP contribution is 2.08. The summed E-state index contributed by atoms with van der Waals surface area (Å²) in [5, 5.41) is 8.82. The summed E-state index contributed by atoms with van der Waals surface area (Å²) in [6, 6.07) is 4.24. The summed E-state index contributed by atoms with van der Waals surface area (Å²) in [5.41, 5.74) is 2.37. The zero-order valence-electron chi connectivity index (χ0n) is 15.2. The molecule has 0 amide bonds. The molecule has 1 aliphatic heterocycles. The van der Waals surface area contributed by atoms with Crippen LogP contribution in [0.1, 0.15) is 45.4 Å². The number of aliphatic hydroxyl groups excluding tert-OH is 1. The van der Waals surface area contributed by atoms with Gasteiger partial charge in [0, 0.05) is 57.8 Å². The molecule has 0 aliphatic carbocycles. The van der Waals surface area contributed by atoms with Crippen molar-refractivity contribution in [3.05, 3.63) is 29.6 Å². The molecule has 2 heterocycles. The van der Waals surface area contributed by atoms with Gasteiger partial charge in [0.15, 0.2) is 0 Å². The molecule has 0 saturated carbocycles. The van der Waals surface area contributed by atoms with E-state index in [9.17, 15) is 0 Å². The molecule has 1 fully saturated rings. The number of piperazine rings is 1. The van der Waals surface area contributed by atoms with E-state index in [1.165, 1.54) is 5.56 Å². The summed E-state index contributed by atoms with van der Waals surface area (Å²) >= 11 is 0. The minimum atomic E-state index is 0.301. The lowest BCUT2D eigenvalue weighted by Crippen LogP contribution is -2.46. The Labute approximate surface area is 137 Å². The Balaban J connectivity index is 0.00000102. The summed E-state index contributed by atoms with van der Waals surface area (Å²) in [6.07, 6.45) is 2.87. The first kappa shape index (κ1) is 21.0. The van der Waals surface area contributed by atoms with Gasteiger partial charge in [-0.3, -0.25) is 9.88 Å². The van der Waals surface area contributed by atoms with E-state index in [1.807, 2.05) is 40.8 Å². The molecule has 0 bridgehead atoms. The Morgan fingerprint density at radius 3 is 2.09 bits per heavy atom. The van der Waals surface area contributed by atoms with E-state index < -0.39 is 0 Å². The number of nitrogens with zero attached hydrogens (tertiary/aromatic N) is 3. The first-order valence-electron chi connectivity index (χ1n) is 8.75. The molecule has 0 spiro atoms. The average molecular weight is 309 g/mol. The van der Waals surface area contributed by atoms with E-state index in [2.05, 4.69) is 26.9 Å². The van der Waals surface area contributed by atoms with Crippen molar-refractivity contribution >= 4 is 0 Å². The topological polar surface area (TPSA) is 39.6 Å². The summed E-state index contributed by atoms with van der Waals surface area (Å²) < 4.78 is 0. The first-order valence-corrected chi connectivity index (χ1v) is 8.75. The largest absolute Gasteiger partial charge is 0.396 e. The fraction of sp³-hybridized carbons (Fsp3) is 0.722. The van der Waals surface area contributed by atoms with E-state index in [-0.39, 0.29) is 0 Å². The average Bonchev–Trinajstić information content (AvgIpc) is 2.60. The molecule has 1 aliphatic rings. The van der Waals surface area contributed by atoms with Gasteiger partial charge in [-0.2, -0.15) is 0 Å². The van der Waals surface area contributed by atoms with Gasteiger partial charge in [0.2, 0.25) is 0 Å². The van der Waals surface area contributed by atoms with Crippen LogP contribution < -0.4 is 0 Å². The van der Waals surface area contributed by atoms with Crippen molar-refractivity contribution in [3.63, 3.8) is 0 Å². The molecule has 1 N–H and O–H groups in total. The molecule has 0 atom stereocenters. The van der Waals surface area contributed by atoms with Crippen molar-refractivity contribution in [1.29, 1.82) is 0 Å². The molecular formula is C18H35N3O. The first-order chi connectivity index (χ1) is 10.8. The Kier molecular flexibility index (Phi) is 13.1. The Morgan fingerprint density at radius 2 is 1.59 bits per heavy atom. The van der Waals surface area contributed by atoms with Crippen molar-refractivity contribution in [3.8, 4) is 0 Å². The van der Waals surface area contributed by atoms with Gasteiger partial charge in [-0.05, 0) is 25.0 Å². The minimum Gasteiger partial charge on any atom is -0.396 e. The predicted octanol–water partition coefficient (Wildman–Crippen LogP) is 2.94. The van der Waals surface area contributed by atoms with Gasteiger partial charge in [0.1, 0.15) is 0 Å². The highest BCUT2D eigenvalue weighted by Gasteiger charge is 2.16. The van der Waals surface area contributed by atoms with E-state index in [1.54, 1.807) is 0 Å². The van der Waals surface area contributed by atoms with Crippen molar-refractivity contribution in [2.45, 2.75) is 47.6 Å². The van der Waals surface area contributed by atoms with Crippen LogP contribution in [0.2, 0.25) is 0 Å². The Morgan fingerprint density at radius 1 is 1.00 bits per heavy atom. The van der Waals surface area contributed by atoms with Crippen LogP contribution in [-0.2, 0) is 6.54 Å². The quantitative estimate of drug-likeness (QED) is 0.908. The molecule has 4 heteroatoms. The summed E-state index contributed by atoms with van der Waals surface area (Å²) in [4.78, 5) is 9.24. The van der Waals surface area contributed by atoms with Crippen molar-refractivity contribution in [2.75, 3.05) is 39.3 Å². The van der Waals surface area contributed by atoms with E-state index in [0.717, 1.165) is 51.4 Å². The third-order valence-corrected chi connectivity index (χ3v) is 3.48. The Bertz CT molecular complexity index is 346. The van der Waals surface area contributed by atoms with Gasteiger partial charge in [-0.15, -0.1) is 0 Å². The van der Waals surface area contributed by atoms with Gasteiger partial charge in [0.05, 0.1) is 0 Å².